The number of likely N-dealkylation sites (tertiary alicyclic amines) is 2. The molecule has 0 unspecified atom stereocenters. The van der Waals surface area contributed by atoms with E-state index in [-0.39, 0.29) is 54.5 Å². The quantitative estimate of drug-likeness (QED) is 0.113. The third-order valence-corrected chi connectivity index (χ3v) is 16.0. The van der Waals surface area contributed by atoms with E-state index in [9.17, 15) is 29.1 Å². The summed E-state index contributed by atoms with van der Waals surface area (Å²) in [6.45, 7) is 16.8. The van der Waals surface area contributed by atoms with Crippen molar-refractivity contribution in [3.63, 3.8) is 0 Å². The smallest absolute Gasteiger partial charge is 0.324 e. The van der Waals surface area contributed by atoms with Gasteiger partial charge in [-0.15, -0.1) is 0 Å². The molecule has 4 N–H and O–H groups in total. The number of benzene rings is 2. The average Bonchev–Trinajstić information content (AvgIpc) is 4.25. The number of ether oxygens (including phenoxy) is 1. The average molecular weight is 955 g/mol. The number of fused-ring (bicyclic) bond motifs is 6. The number of rotatable bonds is 9. The van der Waals surface area contributed by atoms with Crippen LogP contribution in [0.25, 0.3) is 33.3 Å². The summed E-state index contributed by atoms with van der Waals surface area (Å²) < 4.78 is 8.49. The Bertz CT molecular complexity index is 2740. The van der Waals surface area contributed by atoms with Gasteiger partial charge in [0.05, 0.1) is 23.4 Å². The molecule has 4 amide bonds. The van der Waals surface area contributed by atoms with E-state index >= 15 is 0 Å². The van der Waals surface area contributed by atoms with Gasteiger partial charge in [-0.3, -0.25) is 39.3 Å². The number of carbonyl (C=O) groups is 5. The van der Waals surface area contributed by atoms with Crippen LogP contribution in [0.2, 0.25) is 0 Å². The van der Waals surface area contributed by atoms with Crippen LogP contribution in [-0.2, 0) is 48.1 Å². The molecule has 1 aliphatic carbocycles. The van der Waals surface area contributed by atoms with E-state index in [0.29, 0.717) is 76.3 Å². The Morgan fingerprint density at radius 3 is 2.50 bits per heavy atom. The number of hydrogen-bond acceptors (Lipinski definition) is 10. The molecule has 5 fully saturated rings. The molecule has 2 aromatic carbocycles. The van der Waals surface area contributed by atoms with Gasteiger partial charge in [-0.05, 0) is 128 Å². The summed E-state index contributed by atoms with van der Waals surface area (Å²) in [6, 6.07) is 13.1. The molecule has 10 rings (SSSR count). The molecule has 4 aromatic rings. The minimum Gasteiger partial charge on any atom is -0.508 e. The highest BCUT2D eigenvalue weighted by Gasteiger charge is 2.58. The summed E-state index contributed by atoms with van der Waals surface area (Å²) in [5.74, 6) is -0.956. The number of pyridine rings is 1. The number of amides is 4. The second kappa shape index (κ2) is 18.4. The van der Waals surface area contributed by atoms with Crippen molar-refractivity contribution in [2.75, 3.05) is 32.8 Å². The van der Waals surface area contributed by atoms with Crippen molar-refractivity contribution >= 4 is 40.5 Å². The molecular weight excluding hydrogens is 885 g/mol. The second-order valence-corrected chi connectivity index (χ2v) is 22.5. The van der Waals surface area contributed by atoms with E-state index in [0.717, 1.165) is 57.4 Å². The molecule has 4 saturated heterocycles. The first-order valence-electron chi connectivity index (χ1n) is 25.8. The van der Waals surface area contributed by atoms with Crippen molar-refractivity contribution in [2.45, 2.75) is 143 Å². The minimum absolute atomic E-state index is 0.0150. The molecule has 6 aliphatic rings. The molecule has 1 saturated carbocycles. The van der Waals surface area contributed by atoms with Gasteiger partial charge < -0.3 is 29.5 Å². The number of hydrogen-bond donors (Lipinski definition) is 4. The molecule has 7 heterocycles. The summed E-state index contributed by atoms with van der Waals surface area (Å²) >= 11 is 0. The van der Waals surface area contributed by atoms with E-state index in [1.807, 2.05) is 37.1 Å². The van der Waals surface area contributed by atoms with E-state index in [1.165, 1.54) is 5.01 Å². The van der Waals surface area contributed by atoms with Gasteiger partial charge in [0.25, 0.3) is 5.91 Å². The molecule has 2 aromatic heterocycles. The van der Waals surface area contributed by atoms with Gasteiger partial charge in [-0.25, -0.2) is 5.43 Å². The van der Waals surface area contributed by atoms with Gasteiger partial charge in [-0.2, -0.15) is 0 Å². The lowest BCUT2D eigenvalue weighted by atomic mass is 9.83. The van der Waals surface area contributed by atoms with Crippen LogP contribution in [-0.4, -0.2) is 122 Å². The fourth-order valence-electron chi connectivity index (χ4n) is 12.1. The van der Waals surface area contributed by atoms with Gasteiger partial charge in [0, 0.05) is 73.3 Å². The highest BCUT2D eigenvalue weighted by atomic mass is 16.5. The summed E-state index contributed by atoms with van der Waals surface area (Å²) in [6.07, 6.45) is 6.83. The van der Waals surface area contributed by atoms with Gasteiger partial charge in [-0.1, -0.05) is 53.7 Å². The number of cyclic esters (lactones) is 1. The standard InChI is InChI=1S/C55H70N8O7/c1-8-61-43-16-15-35-27-39(43)40(48(61)38-11-9-19-56-44(38)31(2)3)28-54(6,7)30-70-52(68)41-12-10-20-63(59-41)50(66)42(25-33-23-36(35)26-37(64)24-33)57-49(65)47(32(4)5)62-22-18-55(53(62)69)17-21-60(29-55)51(67)46-45(58-46)34-13-14-34/h9,11,15-16,19,23-24,26-27,31-32,34,41-42,45-47,58-59,64H,8,10,12-14,17-18,20-22,25,28-30H2,1-7H3,(H,57,65)/t41-,42-,45+,46+,47-,55-/m0/s1. The largest absolute Gasteiger partial charge is 0.508 e. The number of phenols is 1. The molecular formula is C55H70N8O7. The highest BCUT2D eigenvalue weighted by Crippen LogP contribution is 2.46. The zero-order valence-corrected chi connectivity index (χ0v) is 41.8. The Hall–Kier alpha value is -5.80. The van der Waals surface area contributed by atoms with Gasteiger partial charge >= 0.3 is 5.97 Å². The first-order chi connectivity index (χ1) is 33.5. The number of aryl methyl sites for hydroxylation is 1. The lowest BCUT2D eigenvalue weighted by Crippen LogP contribution is -2.62. The van der Waals surface area contributed by atoms with Crippen LogP contribution in [0.4, 0.5) is 0 Å². The second-order valence-electron chi connectivity index (χ2n) is 22.5. The number of hydrazine groups is 1. The Balaban J connectivity index is 0.989. The summed E-state index contributed by atoms with van der Waals surface area (Å²) in [5.41, 5.74) is 9.44. The van der Waals surface area contributed by atoms with Crippen LogP contribution < -0.4 is 16.1 Å². The molecule has 15 nitrogen and oxygen atoms in total. The molecule has 6 bridgehead atoms. The molecule has 0 radical (unpaired) electrons. The minimum atomic E-state index is -1.13. The fourth-order valence-corrected chi connectivity index (χ4v) is 12.1. The topological polar surface area (TPSA) is 188 Å². The van der Waals surface area contributed by atoms with Crippen LogP contribution in [0.3, 0.4) is 0 Å². The lowest BCUT2D eigenvalue weighted by Gasteiger charge is -2.37. The summed E-state index contributed by atoms with van der Waals surface area (Å²) in [4.78, 5) is 80.2. The number of carbonyl (C=O) groups excluding carboxylic acids is 5. The number of esters is 1. The van der Waals surface area contributed by atoms with E-state index < -0.39 is 46.7 Å². The summed E-state index contributed by atoms with van der Waals surface area (Å²) in [7, 11) is 0. The fraction of sp³-hybridized carbons (Fsp3) is 0.564. The number of phenolic OH excluding ortho intramolecular Hbond substituents is 1. The number of aromatic nitrogens is 2. The van der Waals surface area contributed by atoms with Crippen LogP contribution in [0.5, 0.6) is 5.75 Å². The van der Waals surface area contributed by atoms with Crippen molar-refractivity contribution in [2.24, 2.45) is 22.7 Å². The third kappa shape index (κ3) is 8.97. The van der Waals surface area contributed by atoms with Crippen molar-refractivity contribution in [1.82, 2.24) is 40.4 Å². The molecule has 15 heteroatoms. The Morgan fingerprint density at radius 2 is 1.76 bits per heavy atom. The molecule has 70 heavy (non-hydrogen) atoms. The Kier molecular flexibility index (Phi) is 12.6. The monoisotopic (exact) mass is 955 g/mol. The maximum absolute atomic E-state index is 14.9. The van der Waals surface area contributed by atoms with Crippen molar-refractivity contribution in [1.29, 1.82) is 0 Å². The third-order valence-electron chi connectivity index (χ3n) is 16.0. The molecule has 372 valence electrons. The van der Waals surface area contributed by atoms with Crippen LogP contribution >= 0.6 is 0 Å². The Morgan fingerprint density at radius 1 is 0.971 bits per heavy atom. The first kappa shape index (κ1) is 47.9. The molecule has 1 spiro atoms. The van der Waals surface area contributed by atoms with E-state index in [1.54, 1.807) is 17.0 Å². The first-order valence-corrected chi connectivity index (χ1v) is 25.8. The van der Waals surface area contributed by atoms with E-state index in [4.69, 9.17) is 9.72 Å². The van der Waals surface area contributed by atoms with Crippen molar-refractivity contribution < 1.29 is 33.8 Å². The highest BCUT2D eigenvalue weighted by molar-refractivity contribution is 5.97. The van der Waals surface area contributed by atoms with Gasteiger partial charge in [0.1, 0.15) is 29.9 Å². The predicted octanol–water partition coefficient (Wildman–Crippen LogP) is 6.09. The molecule has 5 aliphatic heterocycles. The van der Waals surface area contributed by atoms with Gasteiger partial charge in [0.2, 0.25) is 17.7 Å². The number of nitrogens with zero attached hydrogens (tertiary/aromatic N) is 5. The van der Waals surface area contributed by atoms with Crippen molar-refractivity contribution in [3.05, 3.63) is 71.5 Å². The van der Waals surface area contributed by atoms with Gasteiger partial charge in [0.15, 0.2) is 0 Å². The summed E-state index contributed by atoms with van der Waals surface area (Å²) in [5, 5.41) is 20.3. The maximum Gasteiger partial charge on any atom is 0.324 e. The zero-order chi connectivity index (χ0) is 49.4. The van der Waals surface area contributed by atoms with E-state index in [2.05, 4.69) is 79.5 Å². The maximum atomic E-state index is 14.9. The number of nitrogens with one attached hydrogen (secondary N) is 3. The predicted molar refractivity (Wildman–Crippen MR) is 266 cm³/mol. The number of aromatic hydroxyl groups is 1. The normalized spacial score (nSPS) is 26.3. The zero-order valence-electron chi connectivity index (χ0n) is 41.8. The van der Waals surface area contributed by atoms with Crippen molar-refractivity contribution in [3.8, 4) is 28.1 Å². The molecule has 6 atom stereocenters. The van der Waals surface area contributed by atoms with Crippen LogP contribution in [0, 0.1) is 22.7 Å². The lowest BCUT2D eigenvalue weighted by molar-refractivity contribution is -0.155. The Labute approximate surface area is 411 Å². The SMILES string of the molecule is CCn1c(-c2cccnc2C(C)C)c2c3cc(ccc31)-c1cc(O)cc(c1)C[C@H](NC(=O)[C@H](C(C)C)N1CC[C@]3(CCN(C(=O)[C@@H]4N[C@@H]4C4CC4)C3)C1=O)C(=O)N1CCC[C@H](N1)C(=O)OCC(C)(C)C2. The van der Waals surface area contributed by atoms with Crippen LogP contribution in [0.1, 0.15) is 110 Å². The van der Waals surface area contributed by atoms with Crippen LogP contribution in [0.15, 0.2) is 54.7 Å².